The SMILES string of the molecule is O=c1c2c(nc(Cc3ccccc3)n1Cc1cccs1)sc1c(O)cc(Cc3ccccc3)cc12. The molecule has 0 saturated carbocycles. The van der Waals surface area contributed by atoms with Crippen molar-refractivity contribution in [1.29, 1.82) is 0 Å². The van der Waals surface area contributed by atoms with Gasteiger partial charge in [-0.05, 0) is 46.7 Å². The predicted octanol–water partition coefficient (Wildman–Crippen LogP) is 6.61. The second-order valence-electron chi connectivity index (χ2n) is 8.60. The molecule has 6 rings (SSSR count). The Morgan fingerprint density at radius 1 is 0.829 bits per heavy atom. The number of phenolic OH excluding ortho intramolecular Hbond substituents is 1. The summed E-state index contributed by atoms with van der Waals surface area (Å²) in [7, 11) is 0. The maximum Gasteiger partial charge on any atom is 0.263 e. The Kier molecular flexibility index (Phi) is 5.68. The first-order valence-corrected chi connectivity index (χ1v) is 13.1. The Labute approximate surface area is 210 Å². The van der Waals surface area contributed by atoms with E-state index in [1.807, 2.05) is 60.0 Å². The summed E-state index contributed by atoms with van der Waals surface area (Å²) in [6.07, 6.45) is 1.25. The summed E-state index contributed by atoms with van der Waals surface area (Å²) < 4.78 is 2.51. The van der Waals surface area contributed by atoms with Crippen LogP contribution in [0.3, 0.4) is 0 Å². The zero-order chi connectivity index (χ0) is 23.8. The van der Waals surface area contributed by atoms with Gasteiger partial charge in [0.25, 0.3) is 5.56 Å². The number of hydrogen-bond acceptors (Lipinski definition) is 5. The molecule has 0 aliphatic heterocycles. The number of thiophene rings is 2. The van der Waals surface area contributed by atoms with Gasteiger partial charge < -0.3 is 5.11 Å². The van der Waals surface area contributed by atoms with Gasteiger partial charge in [-0.15, -0.1) is 22.7 Å². The molecule has 0 atom stereocenters. The highest BCUT2D eigenvalue weighted by molar-refractivity contribution is 7.25. The number of nitrogens with zero attached hydrogens (tertiary/aromatic N) is 2. The molecule has 35 heavy (non-hydrogen) atoms. The fourth-order valence-corrected chi connectivity index (χ4v) is 6.28. The second kappa shape index (κ2) is 9.13. The van der Waals surface area contributed by atoms with E-state index in [-0.39, 0.29) is 11.3 Å². The number of hydrogen-bond donors (Lipinski definition) is 1. The van der Waals surface area contributed by atoms with Crippen molar-refractivity contribution < 1.29 is 5.11 Å². The third-order valence-electron chi connectivity index (χ3n) is 6.16. The number of phenols is 1. The molecule has 172 valence electrons. The van der Waals surface area contributed by atoms with Crippen molar-refractivity contribution in [2.24, 2.45) is 0 Å². The third kappa shape index (κ3) is 4.27. The average Bonchev–Trinajstić information content (AvgIpc) is 3.51. The standard InChI is InChI=1S/C29H22N2O2S2/c32-24-16-21(14-19-8-3-1-4-9-19)15-23-26-28(35-27(23)24)30-25(17-20-10-5-2-6-11-20)31(29(26)33)18-22-12-7-13-34-22/h1-13,15-16,32H,14,17-18H2. The maximum atomic E-state index is 14.0. The van der Waals surface area contributed by atoms with Crippen LogP contribution in [0.5, 0.6) is 5.75 Å². The molecule has 0 aliphatic rings. The van der Waals surface area contributed by atoms with Gasteiger partial charge in [-0.3, -0.25) is 9.36 Å². The molecule has 0 unspecified atom stereocenters. The Morgan fingerprint density at radius 2 is 1.54 bits per heavy atom. The van der Waals surface area contributed by atoms with Gasteiger partial charge in [-0.2, -0.15) is 0 Å². The molecular formula is C29H22N2O2S2. The van der Waals surface area contributed by atoms with E-state index >= 15 is 0 Å². The largest absolute Gasteiger partial charge is 0.506 e. The molecule has 0 fully saturated rings. The molecule has 0 spiro atoms. The zero-order valence-corrected chi connectivity index (χ0v) is 20.5. The Morgan fingerprint density at radius 3 is 2.23 bits per heavy atom. The summed E-state index contributed by atoms with van der Waals surface area (Å²) in [6, 6.07) is 28.1. The van der Waals surface area contributed by atoms with Crippen LogP contribution in [0.15, 0.2) is 95.1 Å². The van der Waals surface area contributed by atoms with Crippen LogP contribution in [0.4, 0.5) is 0 Å². The molecule has 0 saturated heterocycles. The van der Waals surface area contributed by atoms with E-state index in [1.165, 1.54) is 11.3 Å². The summed E-state index contributed by atoms with van der Waals surface area (Å²) in [5.41, 5.74) is 3.17. The van der Waals surface area contributed by atoms with Crippen LogP contribution in [0.2, 0.25) is 0 Å². The van der Waals surface area contributed by atoms with Crippen molar-refractivity contribution in [3.63, 3.8) is 0 Å². The summed E-state index contributed by atoms with van der Waals surface area (Å²) in [6.45, 7) is 0.481. The lowest BCUT2D eigenvalue weighted by molar-refractivity contribution is 0.482. The van der Waals surface area contributed by atoms with Crippen LogP contribution in [0.1, 0.15) is 27.4 Å². The van der Waals surface area contributed by atoms with Crippen LogP contribution in [-0.4, -0.2) is 14.7 Å². The lowest BCUT2D eigenvalue weighted by Gasteiger charge is -2.12. The topological polar surface area (TPSA) is 55.1 Å². The smallest absolute Gasteiger partial charge is 0.263 e. The molecule has 4 nitrogen and oxygen atoms in total. The van der Waals surface area contributed by atoms with Gasteiger partial charge in [0.2, 0.25) is 0 Å². The molecule has 0 radical (unpaired) electrons. The highest BCUT2D eigenvalue weighted by atomic mass is 32.1. The van der Waals surface area contributed by atoms with Crippen LogP contribution in [0.25, 0.3) is 20.3 Å². The fourth-order valence-electron chi connectivity index (χ4n) is 4.51. The minimum absolute atomic E-state index is 0.0585. The molecular weight excluding hydrogens is 472 g/mol. The monoisotopic (exact) mass is 494 g/mol. The highest BCUT2D eigenvalue weighted by Gasteiger charge is 2.19. The molecule has 0 bridgehead atoms. The van der Waals surface area contributed by atoms with Crippen molar-refractivity contribution >= 4 is 43.0 Å². The first kappa shape index (κ1) is 21.8. The summed E-state index contributed by atoms with van der Waals surface area (Å²) >= 11 is 3.02. The number of aromatic nitrogens is 2. The molecule has 0 amide bonds. The van der Waals surface area contributed by atoms with Gasteiger partial charge in [0.1, 0.15) is 16.4 Å². The van der Waals surface area contributed by atoms with Crippen molar-refractivity contribution in [2.75, 3.05) is 0 Å². The number of rotatable bonds is 6. The van der Waals surface area contributed by atoms with E-state index in [0.717, 1.165) is 32.8 Å². The summed E-state index contributed by atoms with van der Waals surface area (Å²) in [4.78, 5) is 20.7. The number of aromatic hydroxyl groups is 1. The lowest BCUT2D eigenvalue weighted by atomic mass is 10.0. The highest BCUT2D eigenvalue weighted by Crippen LogP contribution is 2.38. The Hall–Kier alpha value is -3.74. The minimum Gasteiger partial charge on any atom is -0.506 e. The summed E-state index contributed by atoms with van der Waals surface area (Å²) in [5.74, 6) is 0.933. The van der Waals surface area contributed by atoms with Gasteiger partial charge in [0.15, 0.2) is 0 Å². The van der Waals surface area contributed by atoms with Crippen LogP contribution >= 0.6 is 22.7 Å². The van der Waals surface area contributed by atoms with Crippen molar-refractivity contribution in [1.82, 2.24) is 9.55 Å². The minimum atomic E-state index is -0.0585. The van der Waals surface area contributed by atoms with Crippen molar-refractivity contribution in [2.45, 2.75) is 19.4 Å². The van der Waals surface area contributed by atoms with Crippen LogP contribution in [0, 0.1) is 0 Å². The molecule has 3 heterocycles. The van der Waals surface area contributed by atoms with E-state index in [1.54, 1.807) is 22.0 Å². The molecule has 3 aromatic heterocycles. The Bertz CT molecular complexity index is 1690. The van der Waals surface area contributed by atoms with Gasteiger partial charge in [0.05, 0.1) is 16.6 Å². The molecule has 0 aliphatic carbocycles. The maximum absolute atomic E-state index is 14.0. The molecule has 1 N–H and O–H groups in total. The van der Waals surface area contributed by atoms with Gasteiger partial charge in [-0.1, -0.05) is 66.7 Å². The average molecular weight is 495 g/mol. The van der Waals surface area contributed by atoms with E-state index in [2.05, 4.69) is 24.3 Å². The quantitative estimate of drug-likeness (QED) is 0.284. The van der Waals surface area contributed by atoms with Crippen LogP contribution < -0.4 is 5.56 Å². The molecule has 3 aromatic carbocycles. The van der Waals surface area contributed by atoms with Crippen molar-refractivity contribution in [3.05, 3.63) is 128 Å². The lowest BCUT2D eigenvalue weighted by Crippen LogP contribution is -2.25. The third-order valence-corrected chi connectivity index (χ3v) is 8.15. The van der Waals surface area contributed by atoms with Crippen molar-refractivity contribution in [3.8, 4) is 5.75 Å². The van der Waals surface area contributed by atoms with Gasteiger partial charge >= 0.3 is 0 Å². The predicted molar refractivity (Wildman–Crippen MR) is 145 cm³/mol. The second-order valence-corrected chi connectivity index (χ2v) is 10.6. The fraction of sp³-hybridized carbons (Fsp3) is 0.103. The van der Waals surface area contributed by atoms with E-state index in [0.29, 0.717) is 34.3 Å². The Balaban J connectivity index is 1.54. The van der Waals surface area contributed by atoms with E-state index < -0.39 is 0 Å². The molecule has 6 aromatic rings. The van der Waals surface area contributed by atoms with Gasteiger partial charge in [0, 0.05) is 16.7 Å². The van der Waals surface area contributed by atoms with Crippen LogP contribution in [-0.2, 0) is 19.4 Å². The first-order valence-electron chi connectivity index (χ1n) is 11.4. The van der Waals surface area contributed by atoms with E-state index in [9.17, 15) is 9.90 Å². The zero-order valence-electron chi connectivity index (χ0n) is 18.8. The number of fused-ring (bicyclic) bond motifs is 3. The molecule has 6 heteroatoms. The summed E-state index contributed by atoms with van der Waals surface area (Å²) in [5, 5.41) is 14.3. The first-order chi connectivity index (χ1) is 17.2. The number of benzene rings is 3. The van der Waals surface area contributed by atoms with Gasteiger partial charge in [-0.25, -0.2) is 4.98 Å². The normalized spacial score (nSPS) is 11.4. The van der Waals surface area contributed by atoms with E-state index in [4.69, 9.17) is 4.98 Å².